The Kier molecular flexibility index (Phi) is 4.57. The van der Waals surface area contributed by atoms with Crippen LogP contribution in [0.1, 0.15) is 13.3 Å². The van der Waals surface area contributed by atoms with Gasteiger partial charge in [0.1, 0.15) is 0 Å². The van der Waals surface area contributed by atoms with Crippen molar-refractivity contribution in [3.8, 4) is 12.3 Å². The van der Waals surface area contributed by atoms with E-state index in [0.29, 0.717) is 6.42 Å². The summed E-state index contributed by atoms with van der Waals surface area (Å²) in [5.41, 5.74) is 0.849. The summed E-state index contributed by atoms with van der Waals surface area (Å²) in [4.78, 5) is 13.6. The molecule has 1 rings (SSSR count). The molecule has 0 aliphatic rings. The first kappa shape index (κ1) is 12.8. The smallest absolute Gasteiger partial charge is 0.241 e. The minimum absolute atomic E-state index is 0.0349. The third-order valence-corrected chi connectivity index (χ3v) is 2.98. The Bertz CT molecular complexity index is 405. The van der Waals surface area contributed by atoms with E-state index in [0.717, 1.165) is 10.2 Å². The summed E-state index contributed by atoms with van der Waals surface area (Å²) >= 11 is 3.35. The summed E-state index contributed by atoms with van der Waals surface area (Å²) in [6.45, 7) is 1.91. The van der Waals surface area contributed by atoms with E-state index in [9.17, 15) is 4.79 Å². The maximum absolute atomic E-state index is 12.0. The molecule has 0 N–H and O–H groups in total. The molecule has 0 aliphatic carbocycles. The minimum Gasteiger partial charge on any atom is -0.314 e. The van der Waals surface area contributed by atoms with Crippen LogP contribution in [0.3, 0.4) is 0 Å². The molecule has 1 aromatic rings. The highest BCUT2D eigenvalue weighted by Gasteiger charge is 2.18. The average molecular weight is 280 g/mol. The molecular formula is C13H14BrNO. The highest BCUT2D eigenvalue weighted by atomic mass is 79.9. The topological polar surface area (TPSA) is 20.3 Å². The maximum Gasteiger partial charge on any atom is 0.241 e. The van der Waals surface area contributed by atoms with E-state index in [1.54, 1.807) is 11.9 Å². The van der Waals surface area contributed by atoms with Gasteiger partial charge in [0.2, 0.25) is 5.91 Å². The van der Waals surface area contributed by atoms with E-state index in [2.05, 4.69) is 21.9 Å². The van der Waals surface area contributed by atoms with Crippen LogP contribution in [0.4, 0.5) is 5.69 Å². The van der Waals surface area contributed by atoms with Crippen molar-refractivity contribution in [3.05, 3.63) is 28.7 Å². The number of carbonyl (C=O) groups excluding carboxylic acids is 1. The van der Waals surface area contributed by atoms with E-state index in [1.165, 1.54) is 0 Å². The van der Waals surface area contributed by atoms with Crippen LogP contribution < -0.4 is 4.90 Å². The van der Waals surface area contributed by atoms with Gasteiger partial charge in [-0.2, -0.15) is 0 Å². The average Bonchev–Trinajstić information content (AvgIpc) is 2.30. The quantitative estimate of drug-likeness (QED) is 0.779. The predicted molar refractivity (Wildman–Crippen MR) is 70.2 cm³/mol. The van der Waals surface area contributed by atoms with Crippen molar-refractivity contribution in [1.29, 1.82) is 0 Å². The lowest BCUT2D eigenvalue weighted by atomic mass is 10.1. The molecule has 1 atom stereocenters. The number of amides is 1. The number of anilines is 1. The summed E-state index contributed by atoms with van der Waals surface area (Å²) in [5, 5.41) is 0. The molecule has 1 amide bonds. The van der Waals surface area contributed by atoms with Crippen LogP contribution in [-0.2, 0) is 4.79 Å². The Morgan fingerprint density at radius 3 is 2.50 bits per heavy atom. The van der Waals surface area contributed by atoms with Gasteiger partial charge < -0.3 is 4.90 Å². The molecule has 0 bridgehead atoms. The second-order valence-electron chi connectivity index (χ2n) is 3.50. The third-order valence-electron chi connectivity index (χ3n) is 2.45. The second-order valence-corrected chi connectivity index (χ2v) is 4.42. The number of carbonyl (C=O) groups is 1. The molecule has 0 aliphatic heterocycles. The van der Waals surface area contributed by atoms with Gasteiger partial charge in [-0.3, -0.25) is 4.79 Å². The largest absolute Gasteiger partial charge is 0.314 e. The fourth-order valence-electron chi connectivity index (χ4n) is 1.39. The van der Waals surface area contributed by atoms with Gasteiger partial charge in [0.05, 0.1) is 5.92 Å². The van der Waals surface area contributed by atoms with Crippen molar-refractivity contribution < 1.29 is 4.79 Å². The Balaban J connectivity index is 2.86. The SMILES string of the molecule is C#CC(CC)C(=O)N(C)c1ccc(Br)cc1. The summed E-state index contributed by atoms with van der Waals surface area (Å²) in [5.74, 6) is 2.14. The van der Waals surface area contributed by atoms with E-state index in [1.807, 2.05) is 31.2 Å². The molecule has 1 unspecified atom stereocenters. The normalized spacial score (nSPS) is 11.6. The zero-order valence-corrected chi connectivity index (χ0v) is 11.0. The van der Waals surface area contributed by atoms with Gasteiger partial charge in [-0.05, 0) is 30.7 Å². The van der Waals surface area contributed by atoms with E-state index in [-0.39, 0.29) is 11.8 Å². The Labute approximate surface area is 105 Å². The standard InChI is InChI=1S/C13H14BrNO/c1-4-10(5-2)13(16)15(3)12-8-6-11(14)7-9-12/h1,6-10H,5H2,2-3H3. The van der Waals surface area contributed by atoms with Crippen LogP contribution in [0.15, 0.2) is 28.7 Å². The van der Waals surface area contributed by atoms with Gasteiger partial charge in [0.25, 0.3) is 0 Å². The third kappa shape index (κ3) is 2.86. The van der Waals surface area contributed by atoms with Gasteiger partial charge in [0, 0.05) is 17.2 Å². The van der Waals surface area contributed by atoms with Crippen molar-refractivity contribution in [1.82, 2.24) is 0 Å². The van der Waals surface area contributed by atoms with E-state index >= 15 is 0 Å². The van der Waals surface area contributed by atoms with Crippen molar-refractivity contribution in [3.63, 3.8) is 0 Å². The molecule has 0 spiro atoms. The zero-order chi connectivity index (χ0) is 12.1. The van der Waals surface area contributed by atoms with E-state index < -0.39 is 0 Å². The molecule has 2 nitrogen and oxygen atoms in total. The summed E-state index contributed by atoms with van der Waals surface area (Å²) in [6, 6.07) is 7.56. The summed E-state index contributed by atoms with van der Waals surface area (Å²) in [7, 11) is 1.74. The van der Waals surface area contributed by atoms with Gasteiger partial charge in [0.15, 0.2) is 0 Å². The van der Waals surface area contributed by atoms with Gasteiger partial charge in [-0.1, -0.05) is 28.8 Å². The number of rotatable bonds is 3. The van der Waals surface area contributed by atoms with Crippen LogP contribution >= 0.6 is 15.9 Å². The van der Waals surface area contributed by atoms with Crippen LogP contribution in [0.25, 0.3) is 0 Å². The summed E-state index contributed by atoms with van der Waals surface area (Å²) in [6.07, 6.45) is 5.98. The molecule has 0 radical (unpaired) electrons. The zero-order valence-electron chi connectivity index (χ0n) is 9.40. The first-order valence-corrected chi connectivity index (χ1v) is 5.88. The van der Waals surface area contributed by atoms with Crippen LogP contribution in [0, 0.1) is 18.3 Å². The molecule has 0 saturated heterocycles. The predicted octanol–water partition coefficient (Wildman–Crippen LogP) is 3.07. The molecule has 0 saturated carbocycles. The first-order chi connectivity index (χ1) is 7.60. The molecule has 16 heavy (non-hydrogen) atoms. The number of benzene rings is 1. The Morgan fingerprint density at radius 2 is 2.06 bits per heavy atom. The second kappa shape index (κ2) is 5.72. The molecule has 1 aromatic carbocycles. The Hall–Kier alpha value is -1.27. The van der Waals surface area contributed by atoms with Gasteiger partial charge in [-0.15, -0.1) is 6.42 Å². The Morgan fingerprint density at radius 1 is 1.50 bits per heavy atom. The van der Waals surface area contributed by atoms with E-state index in [4.69, 9.17) is 6.42 Å². The number of nitrogens with zero attached hydrogens (tertiary/aromatic N) is 1. The number of halogens is 1. The molecular weight excluding hydrogens is 266 g/mol. The molecule has 0 fully saturated rings. The van der Waals surface area contributed by atoms with Gasteiger partial charge >= 0.3 is 0 Å². The van der Waals surface area contributed by atoms with Crippen LogP contribution in [0.5, 0.6) is 0 Å². The fraction of sp³-hybridized carbons (Fsp3) is 0.308. The minimum atomic E-state index is -0.339. The molecule has 0 heterocycles. The first-order valence-electron chi connectivity index (χ1n) is 5.09. The lowest BCUT2D eigenvalue weighted by Gasteiger charge is -2.20. The number of terminal acetylenes is 1. The van der Waals surface area contributed by atoms with Crippen molar-refractivity contribution in [2.24, 2.45) is 5.92 Å². The van der Waals surface area contributed by atoms with Crippen molar-refractivity contribution in [2.75, 3.05) is 11.9 Å². The van der Waals surface area contributed by atoms with Crippen molar-refractivity contribution >= 4 is 27.5 Å². The number of hydrogen-bond acceptors (Lipinski definition) is 1. The van der Waals surface area contributed by atoms with Crippen LogP contribution in [0.2, 0.25) is 0 Å². The molecule has 84 valence electrons. The fourth-order valence-corrected chi connectivity index (χ4v) is 1.65. The monoisotopic (exact) mass is 279 g/mol. The maximum atomic E-state index is 12.0. The van der Waals surface area contributed by atoms with Crippen LogP contribution in [-0.4, -0.2) is 13.0 Å². The summed E-state index contributed by atoms with van der Waals surface area (Å²) < 4.78 is 0.987. The lowest BCUT2D eigenvalue weighted by molar-refractivity contribution is -0.120. The highest BCUT2D eigenvalue weighted by molar-refractivity contribution is 9.10. The number of hydrogen-bond donors (Lipinski definition) is 0. The van der Waals surface area contributed by atoms with Crippen molar-refractivity contribution in [2.45, 2.75) is 13.3 Å². The lowest BCUT2D eigenvalue weighted by Crippen LogP contribution is -2.31. The highest BCUT2D eigenvalue weighted by Crippen LogP contribution is 2.19. The molecule has 3 heteroatoms. The van der Waals surface area contributed by atoms with Gasteiger partial charge in [-0.25, -0.2) is 0 Å². The molecule has 0 aromatic heterocycles.